The van der Waals surface area contributed by atoms with Gasteiger partial charge in [-0.3, -0.25) is 0 Å². The number of hydrogen-bond acceptors (Lipinski definition) is 0. The van der Waals surface area contributed by atoms with E-state index in [9.17, 15) is 0 Å². The molecule has 0 saturated carbocycles. The zero-order valence-electron chi connectivity index (χ0n) is 6.66. The van der Waals surface area contributed by atoms with Crippen LogP contribution in [-0.4, -0.2) is 22.5 Å². The van der Waals surface area contributed by atoms with Crippen molar-refractivity contribution in [1.29, 1.82) is 0 Å². The standard InChI is InChI=1S/C8H17.Sn.2H/c1-3-5-7-8-6-4-2;;;/h1,3-8H2,2H3;;;. The van der Waals surface area contributed by atoms with E-state index in [0.29, 0.717) is 0 Å². The van der Waals surface area contributed by atoms with Crippen LogP contribution < -0.4 is 0 Å². The van der Waals surface area contributed by atoms with Gasteiger partial charge in [-0.2, -0.15) is 0 Å². The van der Waals surface area contributed by atoms with Gasteiger partial charge in [0.25, 0.3) is 0 Å². The summed E-state index contributed by atoms with van der Waals surface area (Å²) in [7, 11) is 0. The number of unbranched alkanes of at least 4 members (excludes halogenated alkanes) is 5. The maximum atomic E-state index is 2.27. The van der Waals surface area contributed by atoms with Crippen LogP contribution in [0.2, 0.25) is 4.44 Å². The van der Waals surface area contributed by atoms with E-state index in [1.807, 2.05) is 0 Å². The molecule has 0 heterocycles. The molecular formula is C8H19Sn. The van der Waals surface area contributed by atoms with Crippen LogP contribution in [-0.2, 0) is 0 Å². The van der Waals surface area contributed by atoms with Crippen molar-refractivity contribution in [2.24, 2.45) is 0 Å². The summed E-state index contributed by atoms with van der Waals surface area (Å²) in [5.41, 5.74) is 0. The third kappa shape index (κ3) is 8.80. The van der Waals surface area contributed by atoms with Gasteiger partial charge in [0.05, 0.1) is 0 Å². The summed E-state index contributed by atoms with van der Waals surface area (Å²) >= 11 is 1.22. The fourth-order valence-electron chi connectivity index (χ4n) is 0.957. The van der Waals surface area contributed by atoms with E-state index in [1.54, 1.807) is 0 Å². The molecule has 1 radical (unpaired) electrons. The average Bonchev–Trinajstić information content (AvgIpc) is 1.89. The molecule has 0 aliphatic heterocycles. The van der Waals surface area contributed by atoms with Crippen molar-refractivity contribution in [2.45, 2.75) is 49.9 Å². The van der Waals surface area contributed by atoms with Crippen molar-refractivity contribution in [3.8, 4) is 0 Å². The summed E-state index contributed by atoms with van der Waals surface area (Å²) in [6, 6.07) is 0. The van der Waals surface area contributed by atoms with Crippen LogP contribution in [0.1, 0.15) is 45.4 Å². The van der Waals surface area contributed by atoms with Gasteiger partial charge in [0.15, 0.2) is 0 Å². The summed E-state index contributed by atoms with van der Waals surface area (Å²) < 4.78 is 1.54. The van der Waals surface area contributed by atoms with Crippen LogP contribution in [0.15, 0.2) is 0 Å². The van der Waals surface area contributed by atoms with E-state index < -0.39 is 0 Å². The fraction of sp³-hybridized carbons (Fsp3) is 1.00. The zero-order chi connectivity index (χ0) is 6.95. The Balaban J connectivity index is 2.60. The van der Waals surface area contributed by atoms with Crippen LogP contribution in [0.4, 0.5) is 0 Å². The molecule has 0 saturated heterocycles. The first-order chi connectivity index (χ1) is 4.41. The van der Waals surface area contributed by atoms with Crippen molar-refractivity contribution in [2.75, 3.05) is 0 Å². The molecule has 0 spiro atoms. The molecule has 1 heteroatoms. The molecule has 55 valence electrons. The molecule has 0 aromatic rings. The van der Waals surface area contributed by atoms with E-state index >= 15 is 0 Å². The van der Waals surface area contributed by atoms with E-state index in [2.05, 4.69) is 6.92 Å². The fourth-order valence-corrected chi connectivity index (χ4v) is 1.97. The van der Waals surface area contributed by atoms with Gasteiger partial charge >= 0.3 is 72.4 Å². The molecule has 0 amide bonds. The van der Waals surface area contributed by atoms with Crippen molar-refractivity contribution in [3.05, 3.63) is 0 Å². The van der Waals surface area contributed by atoms with Crippen LogP contribution in [0.3, 0.4) is 0 Å². The van der Waals surface area contributed by atoms with Crippen LogP contribution in [0.5, 0.6) is 0 Å². The third-order valence-corrected chi connectivity index (χ3v) is 3.03. The van der Waals surface area contributed by atoms with Crippen molar-refractivity contribution >= 4 is 22.5 Å². The molecule has 0 unspecified atom stereocenters. The quantitative estimate of drug-likeness (QED) is 0.489. The molecule has 0 aliphatic rings. The topological polar surface area (TPSA) is 0 Å². The minimum atomic E-state index is 1.22. The summed E-state index contributed by atoms with van der Waals surface area (Å²) in [6.07, 6.45) is 8.79. The molecule has 0 atom stereocenters. The van der Waals surface area contributed by atoms with E-state index in [4.69, 9.17) is 0 Å². The second-order valence-electron chi connectivity index (χ2n) is 2.62. The molecular weight excluding hydrogens is 215 g/mol. The first-order valence-electron chi connectivity index (χ1n) is 4.21. The van der Waals surface area contributed by atoms with Crippen LogP contribution in [0.25, 0.3) is 0 Å². The Morgan fingerprint density at radius 2 is 1.44 bits per heavy atom. The Labute approximate surface area is 72.5 Å². The summed E-state index contributed by atoms with van der Waals surface area (Å²) in [5.74, 6) is 0. The Kier molecular flexibility index (Phi) is 9.58. The molecule has 0 aliphatic carbocycles. The molecule has 9 heavy (non-hydrogen) atoms. The second-order valence-corrected chi connectivity index (χ2v) is 4.64. The average molecular weight is 234 g/mol. The van der Waals surface area contributed by atoms with Crippen molar-refractivity contribution in [1.82, 2.24) is 0 Å². The number of rotatable bonds is 6. The van der Waals surface area contributed by atoms with Crippen LogP contribution in [0, 0.1) is 0 Å². The maximum absolute atomic E-state index is 2.27. The third-order valence-electron chi connectivity index (χ3n) is 1.60. The summed E-state index contributed by atoms with van der Waals surface area (Å²) in [5, 5.41) is 0. The van der Waals surface area contributed by atoms with Crippen LogP contribution >= 0.6 is 0 Å². The molecule has 0 N–H and O–H groups in total. The molecule has 0 rings (SSSR count). The SMILES string of the molecule is CCCCCCC[CH2][SnH2]. The zero-order valence-corrected chi connectivity index (χ0v) is 10.7. The molecule has 0 aromatic heterocycles. The predicted octanol–water partition coefficient (Wildman–Crippen LogP) is 2.40. The van der Waals surface area contributed by atoms with E-state index in [1.165, 1.54) is 65.5 Å². The second kappa shape index (κ2) is 8.80. The Morgan fingerprint density at radius 1 is 0.889 bits per heavy atom. The summed E-state index contributed by atoms with van der Waals surface area (Å²) in [6.45, 7) is 2.27. The summed E-state index contributed by atoms with van der Waals surface area (Å²) in [4.78, 5) is 0. The monoisotopic (exact) mass is 235 g/mol. The first-order valence-corrected chi connectivity index (χ1v) is 7.06. The van der Waals surface area contributed by atoms with Gasteiger partial charge < -0.3 is 0 Å². The van der Waals surface area contributed by atoms with Crippen molar-refractivity contribution in [3.63, 3.8) is 0 Å². The molecule has 0 bridgehead atoms. The Bertz CT molecular complexity index is 37.8. The van der Waals surface area contributed by atoms with Gasteiger partial charge in [-0.1, -0.05) is 0 Å². The van der Waals surface area contributed by atoms with Gasteiger partial charge in [0.1, 0.15) is 0 Å². The minimum absolute atomic E-state index is 1.22. The van der Waals surface area contributed by atoms with E-state index in [0.717, 1.165) is 0 Å². The molecule has 0 fully saturated rings. The van der Waals surface area contributed by atoms with Gasteiger partial charge in [-0.25, -0.2) is 0 Å². The Morgan fingerprint density at radius 3 is 2.00 bits per heavy atom. The van der Waals surface area contributed by atoms with E-state index in [-0.39, 0.29) is 0 Å². The first kappa shape index (κ1) is 9.80. The van der Waals surface area contributed by atoms with Gasteiger partial charge in [0, 0.05) is 0 Å². The van der Waals surface area contributed by atoms with Gasteiger partial charge in [0.2, 0.25) is 0 Å². The normalized spacial score (nSPS) is 10.0. The molecule has 0 nitrogen and oxygen atoms in total. The number of hydrogen-bond donors (Lipinski definition) is 0. The molecule has 0 aromatic carbocycles. The van der Waals surface area contributed by atoms with Gasteiger partial charge in [-0.05, 0) is 0 Å². The van der Waals surface area contributed by atoms with Crippen molar-refractivity contribution < 1.29 is 0 Å². The van der Waals surface area contributed by atoms with Gasteiger partial charge in [-0.15, -0.1) is 0 Å². The predicted molar refractivity (Wildman–Crippen MR) is 46.7 cm³/mol. The Hall–Kier alpha value is 0.799.